The first-order chi connectivity index (χ1) is 8.74. The van der Waals surface area contributed by atoms with Crippen LogP contribution in [-0.2, 0) is 0 Å². The van der Waals surface area contributed by atoms with Gasteiger partial charge in [0.2, 0.25) is 0 Å². The van der Waals surface area contributed by atoms with E-state index in [1.807, 2.05) is 24.3 Å². The van der Waals surface area contributed by atoms with Crippen LogP contribution in [0, 0.1) is 6.92 Å². The van der Waals surface area contributed by atoms with Crippen molar-refractivity contribution in [1.82, 2.24) is 0 Å². The smallest absolute Gasteiger partial charge is 0.127 e. The fraction of sp³-hybridized carbons (Fsp3) is 0.250. The molecule has 0 saturated carbocycles. The predicted octanol–water partition coefficient (Wildman–Crippen LogP) is 3.55. The number of aliphatic hydroxyl groups excluding tert-OH is 1. The van der Waals surface area contributed by atoms with Gasteiger partial charge in [0.15, 0.2) is 0 Å². The Kier molecular flexibility index (Phi) is 2.80. The first-order valence-electron chi connectivity index (χ1n) is 6.24. The molecule has 0 fully saturated rings. The molecule has 0 spiro atoms. The van der Waals surface area contributed by atoms with E-state index in [9.17, 15) is 5.11 Å². The molecule has 2 nitrogen and oxygen atoms in total. The van der Waals surface area contributed by atoms with E-state index in [0.717, 1.165) is 16.9 Å². The minimum Gasteiger partial charge on any atom is -0.485 e. The zero-order chi connectivity index (χ0) is 12.5. The third-order valence-electron chi connectivity index (χ3n) is 3.43. The number of ether oxygens (including phenoxy) is 1. The Labute approximate surface area is 107 Å². The minimum absolute atomic E-state index is 0.0597. The number of benzene rings is 2. The number of rotatable bonds is 1. The highest BCUT2D eigenvalue weighted by Crippen LogP contribution is 2.40. The Morgan fingerprint density at radius 3 is 2.56 bits per heavy atom. The molecule has 0 aliphatic carbocycles. The molecule has 92 valence electrons. The van der Waals surface area contributed by atoms with Crippen LogP contribution in [0.1, 0.15) is 35.3 Å². The van der Waals surface area contributed by atoms with E-state index < -0.39 is 6.10 Å². The maximum Gasteiger partial charge on any atom is 0.127 e. The number of fused-ring (bicyclic) bond motifs is 1. The molecule has 2 heteroatoms. The van der Waals surface area contributed by atoms with E-state index >= 15 is 0 Å². The van der Waals surface area contributed by atoms with E-state index in [0.29, 0.717) is 6.42 Å². The zero-order valence-electron chi connectivity index (χ0n) is 10.3. The molecule has 0 bridgehead atoms. The highest BCUT2D eigenvalue weighted by Gasteiger charge is 2.27. The molecule has 1 aliphatic rings. The van der Waals surface area contributed by atoms with Crippen LogP contribution in [0.25, 0.3) is 0 Å². The number of aliphatic hydroxyl groups is 1. The average Bonchev–Trinajstić information content (AvgIpc) is 2.39. The summed E-state index contributed by atoms with van der Waals surface area (Å²) in [5.74, 6) is 0.793. The van der Waals surface area contributed by atoms with Crippen molar-refractivity contribution in [1.29, 1.82) is 0 Å². The molecule has 0 aromatic heterocycles. The van der Waals surface area contributed by atoms with Gasteiger partial charge in [-0.15, -0.1) is 0 Å². The van der Waals surface area contributed by atoms with Crippen LogP contribution >= 0.6 is 0 Å². The molecule has 1 aliphatic heterocycles. The van der Waals surface area contributed by atoms with E-state index in [1.54, 1.807) is 0 Å². The monoisotopic (exact) mass is 240 g/mol. The van der Waals surface area contributed by atoms with Crippen LogP contribution in [0.4, 0.5) is 0 Å². The number of hydrogen-bond acceptors (Lipinski definition) is 2. The summed E-state index contributed by atoms with van der Waals surface area (Å²) in [7, 11) is 0. The lowest BCUT2D eigenvalue weighted by molar-refractivity contribution is 0.0657. The fourth-order valence-electron chi connectivity index (χ4n) is 2.38. The largest absolute Gasteiger partial charge is 0.485 e. The first-order valence-corrected chi connectivity index (χ1v) is 6.24. The van der Waals surface area contributed by atoms with Crippen LogP contribution in [0.15, 0.2) is 48.5 Å². The van der Waals surface area contributed by atoms with Crippen LogP contribution in [0.3, 0.4) is 0 Å². The maximum atomic E-state index is 10.2. The van der Waals surface area contributed by atoms with Crippen LogP contribution in [-0.4, -0.2) is 5.11 Å². The van der Waals surface area contributed by atoms with Gasteiger partial charge >= 0.3 is 0 Å². The Balaban J connectivity index is 1.92. The normalized spacial score (nSPS) is 22.1. The van der Waals surface area contributed by atoms with Gasteiger partial charge in [-0.05, 0) is 18.6 Å². The first kappa shape index (κ1) is 11.3. The third-order valence-corrected chi connectivity index (χ3v) is 3.43. The van der Waals surface area contributed by atoms with Gasteiger partial charge < -0.3 is 9.84 Å². The van der Waals surface area contributed by atoms with Gasteiger partial charge in [-0.3, -0.25) is 0 Å². The number of hydrogen-bond donors (Lipinski definition) is 1. The lowest BCUT2D eigenvalue weighted by atomic mass is 9.95. The topological polar surface area (TPSA) is 29.5 Å². The molecule has 2 aromatic carbocycles. The fourth-order valence-corrected chi connectivity index (χ4v) is 2.38. The van der Waals surface area contributed by atoms with Crippen LogP contribution in [0.2, 0.25) is 0 Å². The second-order valence-electron chi connectivity index (χ2n) is 4.81. The van der Waals surface area contributed by atoms with Crippen LogP contribution in [0.5, 0.6) is 5.75 Å². The van der Waals surface area contributed by atoms with E-state index in [-0.39, 0.29) is 6.10 Å². The molecule has 1 heterocycles. The van der Waals surface area contributed by atoms with Gasteiger partial charge in [0.1, 0.15) is 11.9 Å². The minimum atomic E-state index is -0.443. The molecule has 0 unspecified atom stereocenters. The summed E-state index contributed by atoms with van der Waals surface area (Å²) in [6, 6.07) is 16.0. The third kappa shape index (κ3) is 2.00. The van der Waals surface area contributed by atoms with Gasteiger partial charge in [0.05, 0.1) is 6.10 Å². The van der Waals surface area contributed by atoms with E-state index in [4.69, 9.17) is 4.74 Å². The molecule has 0 amide bonds. The van der Waals surface area contributed by atoms with Gasteiger partial charge in [-0.2, -0.15) is 0 Å². The lowest BCUT2D eigenvalue weighted by Crippen LogP contribution is -2.18. The Hall–Kier alpha value is -1.80. The Bertz CT molecular complexity index is 545. The summed E-state index contributed by atoms with van der Waals surface area (Å²) >= 11 is 0. The standard InChI is InChI=1S/C16H16O2/c1-11-6-8-12(9-7-11)16-10-14(17)13-4-2-3-5-15(13)18-16/h2-9,14,16-17H,10H2,1H3/t14-,16-/m1/s1. The van der Waals surface area contributed by atoms with Gasteiger partial charge in [-0.25, -0.2) is 0 Å². The lowest BCUT2D eigenvalue weighted by Gasteiger charge is -2.29. The van der Waals surface area contributed by atoms with Crippen molar-refractivity contribution in [3.05, 3.63) is 65.2 Å². The zero-order valence-corrected chi connectivity index (χ0v) is 10.3. The van der Waals surface area contributed by atoms with Crippen molar-refractivity contribution in [3.63, 3.8) is 0 Å². The molecule has 2 aromatic rings. The quantitative estimate of drug-likeness (QED) is 0.826. The molecule has 3 rings (SSSR count). The molecular formula is C16H16O2. The van der Waals surface area contributed by atoms with Crippen LogP contribution < -0.4 is 4.74 Å². The van der Waals surface area contributed by atoms with Gasteiger partial charge in [0, 0.05) is 12.0 Å². The van der Waals surface area contributed by atoms with Crippen molar-refractivity contribution in [2.75, 3.05) is 0 Å². The van der Waals surface area contributed by atoms with Gasteiger partial charge in [0.25, 0.3) is 0 Å². The maximum absolute atomic E-state index is 10.2. The summed E-state index contributed by atoms with van der Waals surface area (Å²) in [6.07, 6.45) is 0.108. The van der Waals surface area contributed by atoms with Crippen molar-refractivity contribution in [3.8, 4) is 5.75 Å². The highest BCUT2D eigenvalue weighted by atomic mass is 16.5. The second-order valence-corrected chi connectivity index (χ2v) is 4.81. The van der Waals surface area contributed by atoms with Crippen molar-refractivity contribution in [2.24, 2.45) is 0 Å². The highest BCUT2D eigenvalue weighted by molar-refractivity contribution is 5.38. The number of aryl methyl sites for hydroxylation is 1. The SMILES string of the molecule is Cc1ccc([C@H]2C[C@@H](O)c3ccccc3O2)cc1. The summed E-state index contributed by atoms with van der Waals surface area (Å²) in [5, 5.41) is 10.2. The molecular weight excluding hydrogens is 224 g/mol. The van der Waals surface area contributed by atoms with Crippen molar-refractivity contribution < 1.29 is 9.84 Å². The summed E-state index contributed by atoms with van der Waals surface area (Å²) in [4.78, 5) is 0. The van der Waals surface area contributed by atoms with E-state index in [2.05, 4.69) is 31.2 Å². The average molecular weight is 240 g/mol. The Morgan fingerprint density at radius 1 is 1.06 bits per heavy atom. The number of para-hydroxylation sites is 1. The summed E-state index contributed by atoms with van der Waals surface area (Å²) in [6.45, 7) is 2.07. The van der Waals surface area contributed by atoms with Gasteiger partial charge in [-0.1, -0.05) is 48.0 Å². The molecule has 1 N–H and O–H groups in total. The molecule has 18 heavy (non-hydrogen) atoms. The molecule has 0 saturated heterocycles. The predicted molar refractivity (Wildman–Crippen MR) is 70.6 cm³/mol. The summed E-state index contributed by atoms with van der Waals surface area (Å²) in [5.41, 5.74) is 3.24. The van der Waals surface area contributed by atoms with E-state index in [1.165, 1.54) is 5.56 Å². The second kappa shape index (κ2) is 4.46. The summed E-state index contributed by atoms with van der Waals surface area (Å²) < 4.78 is 5.97. The van der Waals surface area contributed by atoms with Crippen molar-refractivity contribution >= 4 is 0 Å². The Morgan fingerprint density at radius 2 is 1.78 bits per heavy atom. The molecule has 2 atom stereocenters. The van der Waals surface area contributed by atoms with Crippen molar-refractivity contribution in [2.45, 2.75) is 25.6 Å². The molecule has 0 radical (unpaired) electrons.